The molecule has 7 heteroatoms. The predicted molar refractivity (Wildman–Crippen MR) is 78.3 cm³/mol. The number of hydrogen-bond acceptors (Lipinski definition) is 3. The maximum atomic E-state index is 12.3. The largest absolute Gasteiger partial charge is 0.465 e. The summed E-state index contributed by atoms with van der Waals surface area (Å²) >= 11 is 0. The van der Waals surface area contributed by atoms with Crippen LogP contribution in [-0.2, 0) is 6.54 Å². The average molecular weight is 290 g/mol. The Hall–Kier alpha value is -2.57. The molecule has 0 aliphatic heterocycles. The van der Waals surface area contributed by atoms with Crippen LogP contribution in [0, 0.1) is 0 Å². The number of amides is 2. The van der Waals surface area contributed by atoms with Crippen LogP contribution < -0.4 is 10.6 Å². The van der Waals surface area contributed by atoms with Crippen LogP contribution in [0.3, 0.4) is 0 Å². The Labute approximate surface area is 122 Å². The second-order valence-electron chi connectivity index (χ2n) is 4.60. The van der Waals surface area contributed by atoms with Crippen LogP contribution in [-0.4, -0.2) is 33.3 Å². The van der Waals surface area contributed by atoms with Gasteiger partial charge in [-0.05, 0) is 18.6 Å². The van der Waals surface area contributed by atoms with E-state index in [4.69, 9.17) is 5.11 Å². The van der Waals surface area contributed by atoms with Gasteiger partial charge in [0.2, 0.25) is 0 Å². The van der Waals surface area contributed by atoms with Gasteiger partial charge in [-0.25, -0.2) is 19.1 Å². The lowest BCUT2D eigenvalue weighted by Crippen LogP contribution is -2.32. The molecule has 0 bridgehead atoms. The third-order valence-corrected chi connectivity index (χ3v) is 3.04. The summed E-state index contributed by atoms with van der Waals surface area (Å²) in [5, 5.41) is 13.8. The van der Waals surface area contributed by atoms with Crippen molar-refractivity contribution in [1.29, 1.82) is 0 Å². The van der Waals surface area contributed by atoms with E-state index in [1.807, 2.05) is 19.1 Å². The summed E-state index contributed by atoms with van der Waals surface area (Å²) < 4.78 is 1.42. The molecule has 1 aromatic heterocycles. The Morgan fingerprint density at radius 3 is 2.76 bits per heavy atom. The number of unbranched alkanes of at least 4 members (excludes halogenated alkanes) is 1. The normalized spacial score (nSPS) is 10.5. The number of nitrogens with one attached hydrogen (secondary N) is 2. The Morgan fingerprint density at radius 1 is 1.29 bits per heavy atom. The van der Waals surface area contributed by atoms with Gasteiger partial charge in [-0.3, -0.25) is 0 Å². The number of para-hydroxylation sites is 2. The average Bonchev–Trinajstić information content (AvgIpc) is 2.83. The number of imidazole rings is 1. The molecular formula is C14H18N4O3. The van der Waals surface area contributed by atoms with Crippen LogP contribution in [0.25, 0.3) is 11.0 Å². The van der Waals surface area contributed by atoms with Crippen molar-refractivity contribution in [2.45, 2.75) is 26.3 Å². The van der Waals surface area contributed by atoms with E-state index in [9.17, 15) is 9.59 Å². The summed E-state index contributed by atoms with van der Waals surface area (Å²) in [6.07, 6.45) is 0.722. The summed E-state index contributed by atoms with van der Waals surface area (Å²) in [6, 6.07) is 6.91. The minimum atomic E-state index is -1.15. The quantitative estimate of drug-likeness (QED) is 0.735. The first kappa shape index (κ1) is 14.8. The SMILES string of the molecule is CCCCNC(=O)n1c(CNC(=O)O)nc2ccccc21. The van der Waals surface area contributed by atoms with Gasteiger partial charge in [0.05, 0.1) is 17.6 Å². The van der Waals surface area contributed by atoms with Gasteiger partial charge in [0.25, 0.3) is 0 Å². The molecule has 0 radical (unpaired) electrons. The Morgan fingerprint density at radius 2 is 2.05 bits per heavy atom. The molecule has 2 aromatic rings. The lowest BCUT2D eigenvalue weighted by molar-refractivity contribution is 0.193. The van der Waals surface area contributed by atoms with Crippen LogP contribution in [0.4, 0.5) is 9.59 Å². The van der Waals surface area contributed by atoms with Gasteiger partial charge in [-0.2, -0.15) is 0 Å². The van der Waals surface area contributed by atoms with Crippen LogP contribution >= 0.6 is 0 Å². The number of carbonyl (C=O) groups excluding carboxylic acids is 1. The van der Waals surface area contributed by atoms with E-state index in [2.05, 4.69) is 15.6 Å². The standard InChI is InChI=1S/C14H18N4O3/c1-2-3-8-15-13(19)18-11-7-5-4-6-10(11)17-12(18)9-16-14(20)21/h4-7,16H,2-3,8-9H2,1H3,(H,15,19)(H,20,21). The van der Waals surface area contributed by atoms with Crippen molar-refractivity contribution in [3.8, 4) is 0 Å². The second kappa shape index (κ2) is 6.74. The van der Waals surface area contributed by atoms with E-state index in [0.29, 0.717) is 23.4 Å². The number of carbonyl (C=O) groups is 2. The highest BCUT2D eigenvalue weighted by Crippen LogP contribution is 2.15. The summed E-state index contributed by atoms with van der Waals surface area (Å²) in [7, 11) is 0. The molecule has 21 heavy (non-hydrogen) atoms. The number of nitrogens with zero attached hydrogens (tertiary/aromatic N) is 2. The molecule has 2 rings (SSSR count). The van der Waals surface area contributed by atoms with E-state index in [-0.39, 0.29) is 12.6 Å². The zero-order valence-electron chi connectivity index (χ0n) is 11.8. The van der Waals surface area contributed by atoms with Gasteiger partial charge in [-0.1, -0.05) is 25.5 Å². The van der Waals surface area contributed by atoms with Gasteiger partial charge in [0, 0.05) is 6.54 Å². The Kier molecular flexibility index (Phi) is 4.76. The van der Waals surface area contributed by atoms with E-state index in [0.717, 1.165) is 12.8 Å². The highest BCUT2D eigenvalue weighted by molar-refractivity contribution is 5.90. The van der Waals surface area contributed by atoms with E-state index >= 15 is 0 Å². The molecule has 0 saturated heterocycles. The van der Waals surface area contributed by atoms with Crippen molar-refractivity contribution in [2.24, 2.45) is 0 Å². The number of carboxylic acid groups (broad SMARTS) is 1. The van der Waals surface area contributed by atoms with Crippen LogP contribution in [0.5, 0.6) is 0 Å². The van der Waals surface area contributed by atoms with Crippen molar-refractivity contribution in [3.63, 3.8) is 0 Å². The van der Waals surface area contributed by atoms with Crippen molar-refractivity contribution in [2.75, 3.05) is 6.54 Å². The highest BCUT2D eigenvalue weighted by Gasteiger charge is 2.16. The molecule has 1 aromatic carbocycles. The molecule has 0 aliphatic rings. The molecule has 0 aliphatic carbocycles. The monoisotopic (exact) mass is 290 g/mol. The van der Waals surface area contributed by atoms with Gasteiger partial charge in [0.15, 0.2) is 0 Å². The molecule has 0 unspecified atom stereocenters. The van der Waals surface area contributed by atoms with Gasteiger partial charge < -0.3 is 15.7 Å². The molecule has 7 nitrogen and oxygen atoms in total. The van der Waals surface area contributed by atoms with Crippen molar-refractivity contribution in [1.82, 2.24) is 20.2 Å². The van der Waals surface area contributed by atoms with E-state index in [1.165, 1.54) is 4.57 Å². The number of hydrogen-bond donors (Lipinski definition) is 3. The zero-order valence-corrected chi connectivity index (χ0v) is 11.8. The Bertz CT molecular complexity index is 651. The van der Waals surface area contributed by atoms with Crippen LogP contribution in [0.2, 0.25) is 0 Å². The third-order valence-electron chi connectivity index (χ3n) is 3.04. The summed E-state index contributed by atoms with van der Waals surface area (Å²) in [5.41, 5.74) is 1.32. The minimum Gasteiger partial charge on any atom is -0.465 e. The second-order valence-corrected chi connectivity index (χ2v) is 4.60. The molecule has 0 atom stereocenters. The maximum Gasteiger partial charge on any atom is 0.405 e. The first-order valence-corrected chi connectivity index (χ1v) is 6.85. The molecule has 1 heterocycles. The highest BCUT2D eigenvalue weighted by atomic mass is 16.4. The lowest BCUT2D eigenvalue weighted by atomic mass is 10.3. The first-order chi connectivity index (χ1) is 10.1. The summed E-state index contributed by atoms with van der Waals surface area (Å²) in [5.74, 6) is 0.368. The van der Waals surface area contributed by atoms with E-state index in [1.54, 1.807) is 12.1 Å². The summed E-state index contributed by atoms with van der Waals surface area (Å²) in [6.45, 7) is 2.60. The molecule has 0 saturated carbocycles. The molecular weight excluding hydrogens is 272 g/mol. The smallest absolute Gasteiger partial charge is 0.405 e. The van der Waals surface area contributed by atoms with Gasteiger partial charge >= 0.3 is 12.1 Å². The van der Waals surface area contributed by atoms with Crippen LogP contribution in [0.15, 0.2) is 24.3 Å². The Balaban J connectivity index is 2.30. The topological polar surface area (TPSA) is 96.2 Å². The van der Waals surface area contributed by atoms with Gasteiger partial charge in [-0.15, -0.1) is 0 Å². The van der Waals surface area contributed by atoms with Crippen LogP contribution in [0.1, 0.15) is 25.6 Å². The first-order valence-electron chi connectivity index (χ1n) is 6.85. The number of fused-ring (bicyclic) bond motifs is 1. The molecule has 2 amide bonds. The third kappa shape index (κ3) is 3.50. The van der Waals surface area contributed by atoms with Crippen molar-refractivity contribution >= 4 is 23.2 Å². The predicted octanol–water partition coefficient (Wildman–Crippen LogP) is 2.16. The molecule has 0 spiro atoms. The zero-order chi connectivity index (χ0) is 15.2. The van der Waals surface area contributed by atoms with Gasteiger partial charge in [0.1, 0.15) is 5.82 Å². The fourth-order valence-corrected chi connectivity index (χ4v) is 2.03. The number of benzene rings is 1. The van der Waals surface area contributed by atoms with E-state index < -0.39 is 6.09 Å². The molecule has 3 N–H and O–H groups in total. The number of rotatable bonds is 5. The minimum absolute atomic E-state index is 0.0226. The fraction of sp³-hybridized carbons (Fsp3) is 0.357. The molecule has 112 valence electrons. The summed E-state index contributed by atoms with van der Waals surface area (Å²) in [4.78, 5) is 27.2. The lowest BCUT2D eigenvalue weighted by Gasteiger charge is -2.09. The fourth-order valence-electron chi connectivity index (χ4n) is 2.03. The van der Waals surface area contributed by atoms with Crippen molar-refractivity contribution in [3.05, 3.63) is 30.1 Å². The van der Waals surface area contributed by atoms with Crippen molar-refractivity contribution < 1.29 is 14.7 Å². The molecule has 0 fully saturated rings. The maximum absolute atomic E-state index is 12.3. The number of aromatic nitrogens is 2.